The molecule has 7 aromatic carbocycles. The van der Waals surface area contributed by atoms with Crippen LogP contribution < -0.4 is 5.73 Å². The first-order chi connectivity index (χ1) is 25.2. The summed E-state index contributed by atoms with van der Waals surface area (Å²) in [7, 11) is 0. The molecule has 0 unspecified atom stereocenters. The zero-order valence-corrected chi connectivity index (χ0v) is 29.2. The molecule has 0 aliphatic rings. The van der Waals surface area contributed by atoms with Gasteiger partial charge in [0.15, 0.2) is 0 Å². The van der Waals surface area contributed by atoms with Crippen LogP contribution in [0.25, 0.3) is 90.1 Å². The van der Waals surface area contributed by atoms with Gasteiger partial charge in [0.2, 0.25) is 0 Å². The van der Waals surface area contributed by atoms with E-state index in [0.717, 1.165) is 11.1 Å². The van der Waals surface area contributed by atoms with E-state index in [4.69, 9.17) is 10.7 Å². The summed E-state index contributed by atoms with van der Waals surface area (Å²) in [5.74, 6) is 0. The number of benzene rings is 7. The number of hydrogen-bond donors (Lipinski definition) is 1. The third-order valence-electron chi connectivity index (χ3n) is 9.98. The van der Waals surface area contributed by atoms with Gasteiger partial charge in [-0.05, 0) is 70.3 Å². The zero-order chi connectivity index (χ0) is 33.9. The molecule has 0 radical (unpaired) electrons. The van der Waals surface area contributed by atoms with Crippen LogP contribution in [-0.4, -0.2) is 10.8 Å². The Hall–Kier alpha value is -6.01. The first-order valence-electron chi connectivity index (χ1n) is 17.1. The molecule has 10 aromatic rings. The molecule has 0 saturated carbocycles. The van der Waals surface area contributed by atoms with E-state index in [9.17, 15) is 0 Å². The molecular weight excluding hydrogens is 659 g/mol. The summed E-state index contributed by atoms with van der Waals surface area (Å²) in [6.07, 6.45) is 3.75. The molecule has 2 N–H and O–H groups in total. The van der Waals surface area contributed by atoms with Gasteiger partial charge in [0.05, 0.1) is 11.0 Å². The van der Waals surface area contributed by atoms with Crippen LogP contribution >= 0.6 is 22.7 Å². The molecule has 0 amide bonds. The summed E-state index contributed by atoms with van der Waals surface area (Å²) in [4.78, 5) is 4.86. The van der Waals surface area contributed by atoms with Crippen molar-refractivity contribution in [2.45, 2.75) is 6.67 Å². The maximum atomic E-state index is 6.66. The number of allylic oxidation sites excluding steroid dienone is 1. The van der Waals surface area contributed by atoms with Crippen LogP contribution in [0.2, 0.25) is 0 Å². The van der Waals surface area contributed by atoms with Crippen molar-refractivity contribution in [2.24, 2.45) is 10.7 Å². The summed E-state index contributed by atoms with van der Waals surface area (Å²) >= 11 is 3.72. The number of aliphatic imine (C=N–C) groups is 1. The van der Waals surface area contributed by atoms with Crippen molar-refractivity contribution in [2.75, 3.05) is 0 Å². The lowest BCUT2D eigenvalue weighted by Crippen LogP contribution is -1.98. The van der Waals surface area contributed by atoms with E-state index in [0.29, 0.717) is 12.4 Å². The number of aromatic nitrogens is 1. The Morgan fingerprint density at radius 2 is 1.10 bits per heavy atom. The van der Waals surface area contributed by atoms with Gasteiger partial charge in [-0.25, -0.2) is 0 Å². The molecular formula is C46H31N3S2. The molecule has 0 atom stereocenters. The van der Waals surface area contributed by atoms with E-state index in [-0.39, 0.29) is 0 Å². The van der Waals surface area contributed by atoms with Gasteiger partial charge in [-0.3, -0.25) is 4.99 Å². The highest BCUT2D eigenvalue weighted by Crippen LogP contribution is 2.42. The Morgan fingerprint density at radius 1 is 0.529 bits per heavy atom. The molecule has 0 fully saturated rings. The van der Waals surface area contributed by atoms with Gasteiger partial charge in [0.25, 0.3) is 0 Å². The Morgan fingerprint density at radius 3 is 1.80 bits per heavy atom. The predicted molar refractivity (Wildman–Crippen MR) is 223 cm³/mol. The molecule has 51 heavy (non-hydrogen) atoms. The highest BCUT2D eigenvalue weighted by atomic mass is 32.1. The van der Waals surface area contributed by atoms with Gasteiger partial charge in [-0.2, -0.15) is 0 Å². The van der Waals surface area contributed by atoms with Crippen molar-refractivity contribution < 1.29 is 0 Å². The van der Waals surface area contributed by atoms with E-state index in [1.54, 1.807) is 0 Å². The fraction of sp³-hybridized carbons (Fsp3) is 0.0217. The van der Waals surface area contributed by atoms with Gasteiger partial charge >= 0.3 is 0 Å². The second-order valence-corrected chi connectivity index (χ2v) is 15.0. The Bertz CT molecular complexity index is 3030. The van der Waals surface area contributed by atoms with Gasteiger partial charge in [-0.15, -0.1) is 22.7 Å². The zero-order valence-electron chi connectivity index (χ0n) is 27.6. The van der Waals surface area contributed by atoms with Crippen LogP contribution in [0, 0.1) is 0 Å². The first kappa shape index (κ1) is 29.9. The fourth-order valence-electron chi connectivity index (χ4n) is 7.55. The first-order valence-corrected chi connectivity index (χ1v) is 18.7. The monoisotopic (exact) mass is 689 g/mol. The van der Waals surface area contributed by atoms with Gasteiger partial charge in [0.1, 0.15) is 6.67 Å². The molecule has 5 heteroatoms. The molecule has 3 heterocycles. The number of rotatable bonds is 6. The largest absolute Gasteiger partial charge is 0.398 e. The lowest BCUT2D eigenvalue weighted by Gasteiger charge is -2.07. The van der Waals surface area contributed by atoms with Crippen molar-refractivity contribution in [3.05, 3.63) is 163 Å². The molecule has 3 nitrogen and oxygen atoms in total. The molecule has 0 saturated heterocycles. The average Bonchev–Trinajstić information content (AvgIpc) is 3.86. The van der Waals surface area contributed by atoms with Crippen LogP contribution in [0.1, 0.15) is 5.56 Å². The molecule has 0 spiro atoms. The third-order valence-corrected chi connectivity index (χ3v) is 12.4. The van der Waals surface area contributed by atoms with Crippen LogP contribution in [0.3, 0.4) is 0 Å². The van der Waals surface area contributed by atoms with Crippen molar-refractivity contribution >= 4 is 96.7 Å². The third kappa shape index (κ3) is 4.96. The maximum Gasteiger partial charge on any atom is 0.114 e. The van der Waals surface area contributed by atoms with Gasteiger partial charge in [-0.1, -0.05) is 115 Å². The summed E-state index contributed by atoms with van der Waals surface area (Å²) in [5, 5.41) is 7.70. The number of hydrogen-bond acceptors (Lipinski definition) is 4. The second-order valence-electron chi connectivity index (χ2n) is 12.9. The molecule has 242 valence electrons. The Balaban J connectivity index is 0.964. The highest BCUT2D eigenvalue weighted by molar-refractivity contribution is 7.26. The quantitative estimate of drug-likeness (QED) is 0.174. The smallest absolute Gasteiger partial charge is 0.114 e. The lowest BCUT2D eigenvalue weighted by atomic mass is 10.00. The Labute approximate surface area is 302 Å². The second kappa shape index (κ2) is 12.1. The van der Waals surface area contributed by atoms with Gasteiger partial charge in [0, 0.05) is 63.0 Å². The van der Waals surface area contributed by atoms with Crippen molar-refractivity contribution in [3.63, 3.8) is 0 Å². The number of para-hydroxylation sites is 1. The van der Waals surface area contributed by atoms with Crippen LogP contribution in [-0.2, 0) is 6.67 Å². The fourth-order valence-corrected chi connectivity index (χ4v) is 10.0. The summed E-state index contributed by atoms with van der Waals surface area (Å²) in [6.45, 7) is 0.493. The van der Waals surface area contributed by atoms with E-state index in [1.807, 2.05) is 35.0 Å². The van der Waals surface area contributed by atoms with E-state index in [2.05, 4.69) is 156 Å². The molecule has 0 bridgehead atoms. The maximum absolute atomic E-state index is 6.66. The van der Waals surface area contributed by atoms with Gasteiger partial charge < -0.3 is 10.3 Å². The van der Waals surface area contributed by atoms with Crippen molar-refractivity contribution in [1.29, 1.82) is 0 Å². The van der Waals surface area contributed by atoms with Crippen LogP contribution in [0.15, 0.2) is 163 Å². The lowest BCUT2D eigenvalue weighted by molar-refractivity contribution is 0.796. The summed E-state index contributed by atoms with van der Waals surface area (Å²) in [5.41, 5.74) is 15.6. The molecule has 3 aromatic heterocycles. The van der Waals surface area contributed by atoms with Crippen LogP contribution in [0.4, 0.5) is 0 Å². The highest BCUT2D eigenvalue weighted by Gasteiger charge is 2.15. The Kier molecular flexibility index (Phi) is 7.08. The number of fused-ring (bicyclic) bond motifs is 9. The topological polar surface area (TPSA) is 43.3 Å². The predicted octanol–water partition coefficient (Wildman–Crippen LogP) is 12.9. The molecule has 10 rings (SSSR count). The van der Waals surface area contributed by atoms with E-state index >= 15 is 0 Å². The van der Waals surface area contributed by atoms with E-state index < -0.39 is 0 Å². The normalized spacial score (nSPS) is 12.5. The summed E-state index contributed by atoms with van der Waals surface area (Å²) < 4.78 is 7.55. The number of thiophene rings is 2. The number of nitrogens with two attached hydrogens (primary N) is 1. The SMILES string of the molecule is NC(=CC=NCn1c2ccccc2c2cc(-c3cccc4c3sc3ccccc34)ccc21)c1cccc(-c2cccc3c2sc2ccccc23)c1. The van der Waals surface area contributed by atoms with Crippen molar-refractivity contribution in [3.8, 4) is 22.3 Å². The van der Waals surface area contributed by atoms with E-state index in [1.165, 1.54) is 78.8 Å². The molecule has 0 aliphatic heterocycles. The van der Waals surface area contributed by atoms with Crippen molar-refractivity contribution in [1.82, 2.24) is 4.57 Å². The average molecular weight is 690 g/mol. The molecule has 0 aliphatic carbocycles. The summed E-state index contributed by atoms with van der Waals surface area (Å²) in [6, 6.07) is 54.5. The number of nitrogens with zero attached hydrogens (tertiary/aromatic N) is 2. The standard InChI is InChI=1S/C46H31N3S2/c47-40(31-11-7-10-29(26-31)32-15-8-17-37-35-13-2-5-20-43(35)50-45(32)37)24-25-48-28-49-41-19-4-1-12-34(41)39-27-30(22-23-42(39)49)33-16-9-18-38-36-14-3-6-21-44(36)51-46(33)38/h1-27H,28,47H2. The van der Waals surface area contributed by atoms with Crippen LogP contribution in [0.5, 0.6) is 0 Å². The minimum Gasteiger partial charge on any atom is -0.398 e. The minimum absolute atomic E-state index is 0.493. The minimum atomic E-state index is 0.493.